The molecule has 146 valence electrons. The molecule has 1 N–H and O–H groups in total. The molecule has 0 spiro atoms. The highest BCUT2D eigenvalue weighted by Gasteiger charge is 2.28. The maximum atomic E-state index is 13.1. The molecule has 5 heteroatoms. The van der Waals surface area contributed by atoms with E-state index in [1.165, 1.54) is 5.56 Å². The molecule has 3 aromatic rings. The van der Waals surface area contributed by atoms with Gasteiger partial charge in [-0.15, -0.1) is 0 Å². The second-order valence-corrected chi connectivity index (χ2v) is 7.45. The maximum Gasteiger partial charge on any atom is 0.253 e. The molecule has 4 nitrogen and oxygen atoms in total. The van der Waals surface area contributed by atoms with Crippen molar-refractivity contribution in [2.45, 2.75) is 18.9 Å². The SMILES string of the molecule is O=C(NC(CC(=O)N1CCc2ccccc21)c1ccccc1)c1ccccc1Cl. The largest absolute Gasteiger partial charge is 0.345 e. The zero-order chi connectivity index (χ0) is 20.2. The monoisotopic (exact) mass is 404 g/mol. The van der Waals surface area contributed by atoms with E-state index in [4.69, 9.17) is 11.6 Å². The summed E-state index contributed by atoms with van der Waals surface area (Å²) in [6, 6.07) is 24.0. The number of para-hydroxylation sites is 1. The van der Waals surface area contributed by atoms with Crippen LogP contribution in [0.3, 0.4) is 0 Å². The molecule has 0 bridgehead atoms. The number of halogens is 1. The van der Waals surface area contributed by atoms with Gasteiger partial charge in [0.2, 0.25) is 5.91 Å². The van der Waals surface area contributed by atoms with Gasteiger partial charge in [0.1, 0.15) is 0 Å². The van der Waals surface area contributed by atoms with Gasteiger partial charge in [0, 0.05) is 12.2 Å². The first kappa shape index (κ1) is 19.2. The summed E-state index contributed by atoms with van der Waals surface area (Å²) in [5.41, 5.74) is 3.42. The summed E-state index contributed by atoms with van der Waals surface area (Å²) in [6.07, 6.45) is 1.03. The smallest absolute Gasteiger partial charge is 0.253 e. The van der Waals surface area contributed by atoms with E-state index in [0.717, 1.165) is 17.7 Å². The molecule has 0 aromatic heterocycles. The second kappa shape index (κ2) is 8.50. The molecule has 1 aliphatic heterocycles. The number of amides is 2. The van der Waals surface area contributed by atoms with E-state index in [9.17, 15) is 9.59 Å². The number of fused-ring (bicyclic) bond motifs is 1. The molecule has 1 atom stereocenters. The average molecular weight is 405 g/mol. The summed E-state index contributed by atoms with van der Waals surface area (Å²) >= 11 is 6.18. The molecule has 4 rings (SSSR count). The lowest BCUT2D eigenvalue weighted by Gasteiger charge is -2.23. The van der Waals surface area contributed by atoms with Crippen LogP contribution in [0.25, 0.3) is 0 Å². The van der Waals surface area contributed by atoms with Gasteiger partial charge in [-0.1, -0.05) is 72.3 Å². The Morgan fingerprint density at radius 2 is 1.62 bits per heavy atom. The molecule has 0 radical (unpaired) electrons. The van der Waals surface area contributed by atoms with Crippen LogP contribution in [0.4, 0.5) is 5.69 Å². The van der Waals surface area contributed by atoms with Gasteiger partial charge in [0.25, 0.3) is 5.91 Å². The predicted octanol–water partition coefficient (Wildman–Crippen LogP) is 4.79. The van der Waals surface area contributed by atoms with Crippen LogP contribution in [-0.2, 0) is 11.2 Å². The molecule has 3 aromatic carbocycles. The molecule has 0 aliphatic carbocycles. The standard InChI is InChI=1S/C24H21ClN2O2/c25-20-12-6-5-11-19(20)24(29)26-21(17-8-2-1-3-9-17)16-23(28)27-15-14-18-10-4-7-13-22(18)27/h1-13,21H,14-16H2,(H,26,29). The van der Waals surface area contributed by atoms with Crippen molar-refractivity contribution in [3.63, 3.8) is 0 Å². The van der Waals surface area contributed by atoms with Crippen molar-refractivity contribution in [3.05, 3.63) is 101 Å². The average Bonchev–Trinajstić information content (AvgIpc) is 3.18. The molecule has 0 saturated heterocycles. The third-order valence-electron chi connectivity index (χ3n) is 5.19. The van der Waals surface area contributed by atoms with E-state index in [2.05, 4.69) is 11.4 Å². The lowest BCUT2D eigenvalue weighted by Crippen LogP contribution is -2.36. The number of nitrogens with zero attached hydrogens (tertiary/aromatic N) is 1. The Kier molecular flexibility index (Phi) is 5.63. The number of carbonyl (C=O) groups excluding carboxylic acids is 2. The molecule has 1 heterocycles. The van der Waals surface area contributed by atoms with Gasteiger partial charge >= 0.3 is 0 Å². The van der Waals surface area contributed by atoms with E-state index >= 15 is 0 Å². The zero-order valence-electron chi connectivity index (χ0n) is 15.8. The summed E-state index contributed by atoms with van der Waals surface area (Å²) in [5, 5.41) is 3.38. The van der Waals surface area contributed by atoms with Gasteiger partial charge < -0.3 is 10.2 Å². The van der Waals surface area contributed by atoms with Crippen molar-refractivity contribution in [2.75, 3.05) is 11.4 Å². The minimum Gasteiger partial charge on any atom is -0.345 e. The van der Waals surface area contributed by atoms with Crippen LogP contribution in [0.15, 0.2) is 78.9 Å². The Bertz CT molecular complexity index is 1040. The Morgan fingerprint density at radius 1 is 0.931 bits per heavy atom. The first-order valence-corrected chi connectivity index (χ1v) is 10.00. The molecule has 29 heavy (non-hydrogen) atoms. The molecule has 1 unspecified atom stereocenters. The lowest BCUT2D eigenvalue weighted by atomic mass is 10.0. The molecule has 0 saturated carbocycles. The van der Waals surface area contributed by atoms with Gasteiger partial charge in [-0.05, 0) is 35.7 Å². The topological polar surface area (TPSA) is 49.4 Å². The van der Waals surface area contributed by atoms with Crippen LogP contribution in [0.5, 0.6) is 0 Å². The van der Waals surface area contributed by atoms with Crippen LogP contribution in [0, 0.1) is 0 Å². The van der Waals surface area contributed by atoms with Crippen molar-refractivity contribution in [3.8, 4) is 0 Å². The van der Waals surface area contributed by atoms with Gasteiger partial charge in [-0.2, -0.15) is 0 Å². The molecule has 0 fully saturated rings. The first-order valence-electron chi connectivity index (χ1n) is 9.62. The van der Waals surface area contributed by atoms with Gasteiger partial charge in [0.15, 0.2) is 0 Å². The number of nitrogens with one attached hydrogen (secondary N) is 1. The van der Waals surface area contributed by atoms with E-state index in [1.54, 1.807) is 24.3 Å². The summed E-state index contributed by atoms with van der Waals surface area (Å²) < 4.78 is 0. The number of hydrogen-bond acceptors (Lipinski definition) is 2. The number of carbonyl (C=O) groups is 2. The number of benzene rings is 3. The highest BCUT2D eigenvalue weighted by Crippen LogP contribution is 2.30. The summed E-state index contributed by atoms with van der Waals surface area (Å²) in [5.74, 6) is -0.303. The quantitative estimate of drug-likeness (QED) is 0.664. The molecular weight excluding hydrogens is 384 g/mol. The van der Waals surface area contributed by atoms with Crippen molar-refractivity contribution in [2.24, 2.45) is 0 Å². The van der Waals surface area contributed by atoms with Gasteiger partial charge in [-0.3, -0.25) is 9.59 Å². The fourth-order valence-electron chi connectivity index (χ4n) is 3.70. The van der Waals surface area contributed by atoms with E-state index in [0.29, 0.717) is 17.1 Å². The summed E-state index contributed by atoms with van der Waals surface area (Å²) in [7, 11) is 0. The minimum atomic E-state index is -0.444. The molecular formula is C24H21ClN2O2. The van der Waals surface area contributed by atoms with Gasteiger partial charge in [0.05, 0.1) is 23.0 Å². The minimum absolute atomic E-state index is 0.0109. The number of hydrogen-bond donors (Lipinski definition) is 1. The highest BCUT2D eigenvalue weighted by atomic mass is 35.5. The predicted molar refractivity (Wildman–Crippen MR) is 115 cm³/mol. The van der Waals surface area contributed by atoms with E-state index in [1.807, 2.05) is 53.4 Å². The lowest BCUT2D eigenvalue weighted by molar-refractivity contribution is -0.119. The van der Waals surface area contributed by atoms with Crippen molar-refractivity contribution < 1.29 is 9.59 Å². The van der Waals surface area contributed by atoms with Crippen LogP contribution in [0.1, 0.15) is 33.9 Å². The Hall–Kier alpha value is -3.11. The Morgan fingerprint density at radius 3 is 2.41 bits per heavy atom. The van der Waals surface area contributed by atoms with E-state index < -0.39 is 6.04 Å². The van der Waals surface area contributed by atoms with Crippen LogP contribution in [-0.4, -0.2) is 18.4 Å². The summed E-state index contributed by atoms with van der Waals surface area (Å²) in [6.45, 7) is 0.665. The van der Waals surface area contributed by atoms with Crippen LogP contribution < -0.4 is 10.2 Å². The highest BCUT2D eigenvalue weighted by molar-refractivity contribution is 6.33. The first-order chi connectivity index (χ1) is 14.1. The Balaban J connectivity index is 1.56. The number of rotatable bonds is 5. The van der Waals surface area contributed by atoms with Crippen molar-refractivity contribution in [1.29, 1.82) is 0 Å². The van der Waals surface area contributed by atoms with Gasteiger partial charge in [-0.25, -0.2) is 0 Å². The van der Waals surface area contributed by atoms with Crippen LogP contribution in [0.2, 0.25) is 5.02 Å². The van der Waals surface area contributed by atoms with Crippen molar-refractivity contribution >= 4 is 29.1 Å². The third-order valence-corrected chi connectivity index (χ3v) is 5.52. The summed E-state index contributed by atoms with van der Waals surface area (Å²) in [4.78, 5) is 27.8. The third kappa shape index (κ3) is 4.17. The van der Waals surface area contributed by atoms with E-state index in [-0.39, 0.29) is 18.2 Å². The molecule has 1 aliphatic rings. The normalized spacial score (nSPS) is 13.6. The second-order valence-electron chi connectivity index (χ2n) is 7.04. The number of anilines is 1. The Labute approximate surface area is 175 Å². The zero-order valence-corrected chi connectivity index (χ0v) is 16.6. The van der Waals surface area contributed by atoms with Crippen molar-refractivity contribution in [1.82, 2.24) is 5.32 Å². The fraction of sp³-hybridized carbons (Fsp3) is 0.167. The molecule has 2 amide bonds. The fourth-order valence-corrected chi connectivity index (χ4v) is 3.92. The maximum absolute atomic E-state index is 13.1. The van der Waals surface area contributed by atoms with Crippen LogP contribution >= 0.6 is 11.6 Å².